The van der Waals surface area contributed by atoms with Crippen LogP contribution in [0.4, 0.5) is 0 Å². The Kier molecular flexibility index (Phi) is 18.1. The molecule has 0 aliphatic carbocycles. The molecule has 0 atom stereocenters. The molecule has 0 radical (unpaired) electrons. The van der Waals surface area contributed by atoms with Gasteiger partial charge in [-0.05, 0) is 13.1 Å². The summed E-state index contributed by atoms with van der Waals surface area (Å²) in [6.07, 6.45) is 0. The monoisotopic (exact) mass is 824 g/mol. The van der Waals surface area contributed by atoms with Gasteiger partial charge in [0.15, 0.2) is 9.04 Å². The van der Waals surface area contributed by atoms with Crippen LogP contribution < -0.4 is 0 Å². The first kappa shape index (κ1) is 38.9. The number of rotatable bonds is 18. The van der Waals surface area contributed by atoms with E-state index in [1.807, 2.05) is 0 Å². The van der Waals surface area contributed by atoms with E-state index in [2.05, 4.69) is 0 Å². The fraction of sp³-hybridized carbons (Fsp3) is 1.00. The van der Waals surface area contributed by atoms with Crippen molar-refractivity contribution in [3.63, 3.8) is 0 Å². The van der Waals surface area contributed by atoms with Gasteiger partial charge in [0, 0.05) is 0 Å². The first-order valence-corrected chi connectivity index (χ1v) is 55.0. The van der Waals surface area contributed by atoms with E-state index in [4.69, 9.17) is 4.12 Å². The summed E-state index contributed by atoms with van der Waals surface area (Å²) < 4.78 is 189. The summed E-state index contributed by atoms with van der Waals surface area (Å²) >= 11 is 0. The van der Waals surface area contributed by atoms with Gasteiger partial charge in [0.2, 0.25) is 9.28 Å². The maximum atomic E-state index is 12.4. The molecule has 0 fully saturated rings. The Morgan fingerprint density at radius 1 is 0.395 bits per heavy atom. The van der Waals surface area contributed by atoms with Gasteiger partial charge in [-0.15, -0.1) is 0 Å². The van der Waals surface area contributed by atoms with E-state index in [1.54, 1.807) is 13.1 Å². The maximum Gasteiger partial charge on any atom is 0.381 e. The topological polar surface area (TPSA) is 265 Å². The van der Waals surface area contributed by atoms with Crippen molar-refractivity contribution in [2.24, 2.45) is 0 Å². The van der Waals surface area contributed by atoms with Crippen LogP contribution in [0.15, 0.2) is 0 Å². The Hall–Kier alpha value is 0.864. The van der Waals surface area contributed by atoms with Crippen molar-refractivity contribution in [1.82, 2.24) is 0 Å². The lowest BCUT2D eigenvalue weighted by molar-refractivity contribution is 0.532. The van der Waals surface area contributed by atoms with Gasteiger partial charge in [-0.2, -0.15) is 0 Å². The Balaban J connectivity index is 5.53. The standard InChI is InChI=1S/C4H16O16Si18/c1-22(2)20-21-24(5)26(7)28(9)30(11)32(13)34(15)36(17)38(19)37(18)35(16)33(14)31(12)29(10)27(8)25(6)23(3)4/h22-23H,21H2,1-4H3. The van der Waals surface area contributed by atoms with E-state index < -0.39 is 142 Å². The summed E-state index contributed by atoms with van der Waals surface area (Å²) in [6, 6.07) is 0. The second-order valence-corrected chi connectivity index (χ2v) is 93.5. The molecule has 38 heavy (non-hydrogen) atoms. The number of hydrogen-bond donors (Lipinski definition) is 0. The van der Waals surface area contributed by atoms with Crippen molar-refractivity contribution in [3.05, 3.63) is 0 Å². The molecule has 34 heteroatoms. The second kappa shape index (κ2) is 17.7. The predicted molar refractivity (Wildman–Crippen MR) is 144 cm³/mol. The molecule has 0 N–H and O–H groups in total. The fourth-order valence-corrected chi connectivity index (χ4v) is 193. The van der Waals surface area contributed by atoms with Gasteiger partial charge in [-0.3, -0.25) is 0 Å². The van der Waals surface area contributed by atoms with E-state index >= 15 is 0 Å². The van der Waals surface area contributed by atoms with Crippen LogP contribution in [0.1, 0.15) is 0 Å². The highest BCUT2D eigenvalue weighted by atomic mass is 30.1. The second-order valence-electron chi connectivity index (χ2n) is 7.58. The summed E-state index contributed by atoms with van der Waals surface area (Å²) in [7, 11) is -62.5. The minimum absolute atomic E-state index is 1.52. The lowest BCUT2D eigenvalue weighted by Gasteiger charge is -2.01. The van der Waals surface area contributed by atoms with Crippen molar-refractivity contribution >= 4 is 142 Å². The van der Waals surface area contributed by atoms with Crippen LogP contribution in [0.25, 0.3) is 0 Å². The van der Waals surface area contributed by atoms with Gasteiger partial charge in [-0.1, -0.05) is 13.1 Å². The Morgan fingerprint density at radius 2 is 0.632 bits per heavy atom. The molecule has 0 unspecified atom stereocenters. The molecule has 0 aromatic carbocycles. The van der Waals surface area contributed by atoms with Gasteiger partial charge >= 0.3 is 116 Å². The third-order valence-corrected chi connectivity index (χ3v) is 136. The Labute approximate surface area is 237 Å². The lowest BCUT2D eigenvalue weighted by atomic mass is 11.9. The molecule has 0 aliphatic rings. The molecule has 0 amide bonds. The quantitative estimate of drug-likeness (QED) is 0.116. The normalized spacial score (nSPS) is 10.6. The molecule has 0 heterocycles. The maximum absolute atomic E-state index is 12.4. The Bertz CT molecular complexity index is 1280. The highest BCUT2D eigenvalue weighted by Gasteiger charge is 2.54. The van der Waals surface area contributed by atoms with Gasteiger partial charge in [0.25, 0.3) is 0 Å². The SMILES string of the molecule is C[SiH](C)O[SiH2][Si](=O)[Si](=O)[Si](=O)[Si](=O)[Si](=O)[Si](=O)[Si](=O)[Si](=O)[Si](=O)[Si](=O)[Si](=O)[Si](=O)[Si](=O)[Si](=O)[Si](=O)[SiH](C)C. The smallest absolute Gasteiger partial charge is 0.381 e. The molecular formula is C4H16O16Si18. The predicted octanol–water partition coefficient (Wildman–Crippen LogP) is -7.44. The van der Waals surface area contributed by atoms with Crippen LogP contribution >= 0.6 is 0 Å². The first-order chi connectivity index (χ1) is 17.3. The highest BCUT2D eigenvalue weighted by Crippen LogP contribution is 1.89. The van der Waals surface area contributed by atoms with Crippen molar-refractivity contribution in [3.8, 4) is 0 Å². The third kappa shape index (κ3) is 10.9. The third-order valence-electron chi connectivity index (χ3n) is 4.02. The minimum Gasteiger partial charge on any atom is -0.460 e. The van der Waals surface area contributed by atoms with Crippen molar-refractivity contribution < 1.29 is 71.0 Å². The summed E-state index contributed by atoms with van der Waals surface area (Å²) in [6.45, 7) is 6.50. The summed E-state index contributed by atoms with van der Waals surface area (Å²) in [5.41, 5.74) is 0. The summed E-state index contributed by atoms with van der Waals surface area (Å²) in [5, 5.41) is 0. The van der Waals surface area contributed by atoms with Crippen LogP contribution in [0.2, 0.25) is 26.2 Å². The van der Waals surface area contributed by atoms with Crippen LogP contribution in [0.3, 0.4) is 0 Å². The molecule has 0 saturated heterocycles. The zero-order valence-corrected chi connectivity index (χ0v) is 38.6. The molecular weight excluding hydrogens is 810 g/mol. The average molecular weight is 826 g/mol. The van der Waals surface area contributed by atoms with Crippen LogP contribution in [0.5, 0.6) is 0 Å². The lowest BCUT2D eigenvalue weighted by Crippen LogP contribution is -2.56. The molecule has 0 bridgehead atoms. The van der Waals surface area contributed by atoms with Crippen molar-refractivity contribution in [2.45, 2.75) is 26.2 Å². The molecule has 200 valence electrons. The Morgan fingerprint density at radius 3 is 0.868 bits per heavy atom. The first-order valence-electron chi connectivity index (χ1n) is 10.0. The van der Waals surface area contributed by atoms with Crippen LogP contribution in [0, 0.1) is 0 Å². The molecule has 0 aromatic rings. The molecule has 0 saturated carbocycles. The van der Waals surface area contributed by atoms with E-state index in [0.29, 0.717) is 0 Å². The summed E-state index contributed by atoms with van der Waals surface area (Å²) in [5.74, 6) is 0. The van der Waals surface area contributed by atoms with Crippen molar-refractivity contribution in [2.75, 3.05) is 0 Å². The molecule has 0 aromatic heterocycles. The molecule has 0 spiro atoms. The van der Waals surface area contributed by atoms with E-state index in [9.17, 15) is 66.9 Å². The van der Waals surface area contributed by atoms with Gasteiger partial charge in [0.05, 0.1) is 8.31 Å². The zero-order valence-electron chi connectivity index (χ0n) is 19.9. The summed E-state index contributed by atoms with van der Waals surface area (Å²) in [4.78, 5) is 0. The van der Waals surface area contributed by atoms with Gasteiger partial charge in [-0.25, -0.2) is 0 Å². The van der Waals surface area contributed by atoms with E-state index in [1.165, 1.54) is 13.1 Å². The van der Waals surface area contributed by atoms with Crippen LogP contribution in [-0.2, 0) is 71.0 Å². The number of hydrogen-bond acceptors (Lipinski definition) is 16. The zero-order chi connectivity index (χ0) is 30.2. The van der Waals surface area contributed by atoms with Crippen LogP contribution in [-0.4, -0.2) is 142 Å². The molecule has 16 nitrogen and oxygen atoms in total. The van der Waals surface area contributed by atoms with Gasteiger partial charge in [0.1, 0.15) is 0 Å². The largest absolute Gasteiger partial charge is 0.460 e. The van der Waals surface area contributed by atoms with Crippen molar-refractivity contribution in [1.29, 1.82) is 0 Å². The minimum atomic E-state index is -4.17. The van der Waals surface area contributed by atoms with Gasteiger partial charge < -0.3 is 71.0 Å². The average Bonchev–Trinajstić information content (AvgIpc) is 2.89. The van der Waals surface area contributed by atoms with E-state index in [0.717, 1.165) is 0 Å². The fourth-order valence-electron chi connectivity index (χ4n) is 1.94. The molecule has 0 rings (SSSR count). The van der Waals surface area contributed by atoms with E-state index in [-0.39, 0.29) is 0 Å². The highest BCUT2D eigenvalue weighted by molar-refractivity contribution is 7.81. The molecule has 0 aliphatic heterocycles.